The molecule has 0 aromatic heterocycles. The minimum absolute atomic E-state index is 0.176. The van der Waals surface area contributed by atoms with E-state index >= 15 is 0 Å². The third-order valence-electron chi connectivity index (χ3n) is 6.96. The van der Waals surface area contributed by atoms with Crippen LogP contribution in [-0.2, 0) is 10.0 Å². The highest BCUT2D eigenvalue weighted by Gasteiger charge is 2.39. The summed E-state index contributed by atoms with van der Waals surface area (Å²) in [6, 6.07) is 21.0. The molecule has 0 saturated carbocycles. The first-order chi connectivity index (χ1) is 16.7. The molecule has 1 amide bonds. The lowest BCUT2D eigenvalue weighted by Crippen LogP contribution is -2.44. The van der Waals surface area contributed by atoms with Crippen molar-refractivity contribution in [3.63, 3.8) is 0 Å². The zero-order valence-corrected chi connectivity index (χ0v) is 21.4. The molecule has 0 unspecified atom stereocenters. The number of para-hydroxylation sites is 2. The maximum absolute atomic E-state index is 13.6. The van der Waals surface area contributed by atoms with Gasteiger partial charge < -0.3 is 10.1 Å². The van der Waals surface area contributed by atoms with Crippen LogP contribution < -0.4 is 14.4 Å². The van der Waals surface area contributed by atoms with Gasteiger partial charge in [-0.2, -0.15) is 0 Å². The van der Waals surface area contributed by atoms with Crippen LogP contribution in [0.3, 0.4) is 0 Å². The SMILES string of the molecule is CCC1(CC)C[C@H](NC(=O)c2ccccc2N(C)S(=O)(=O)c2ccc(C)cc2)c2ccccc2O1. The molecule has 7 heteroatoms. The van der Waals surface area contributed by atoms with E-state index in [0.717, 1.165) is 29.7 Å². The summed E-state index contributed by atoms with van der Waals surface area (Å²) in [5, 5.41) is 3.17. The monoisotopic (exact) mass is 492 g/mol. The maximum Gasteiger partial charge on any atom is 0.264 e. The van der Waals surface area contributed by atoms with Crippen molar-refractivity contribution in [2.24, 2.45) is 0 Å². The van der Waals surface area contributed by atoms with Crippen molar-refractivity contribution in [3.8, 4) is 5.75 Å². The summed E-state index contributed by atoms with van der Waals surface area (Å²) in [5.41, 5.74) is 2.16. The van der Waals surface area contributed by atoms with Gasteiger partial charge in [0.05, 0.1) is 22.2 Å². The molecule has 35 heavy (non-hydrogen) atoms. The molecular weight excluding hydrogens is 460 g/mol. The highest BCUT2D eigenvalue weighted by Crippen LogP contribution is 2.43. The topological polar surface area (TPSA) is 75.7 Å². The Bertz CT molecular complexity index is 1310. The van der Waals surface area contributed by atoms with Gasteiger partial charge >= 0.3 is 0 Å². The van der Waals surface area contributed by atoms with Crippen molar-refractivity contribution in [2.75, 3.05) is 11.4 Å². The standard InChI is InChI=1S/C28H32N2O4S/c1-5-28(6-2)19-24(22-11-8-10-14-26(22)34-28)29-27(31)23-12-7-9-13-25(23)30(4)35(32,33)21-17-15-20(3)16-18-21/h7-18,24H,5-6,19H2,1-4H3,(H,29,31)/t24-/m0/s1. The summed E-state index contributed by atoms with van der Waals surface area (Å²) in [6.45, 7) is 6.09. The Morgan fingerprint density at radius 1 is 1.00 bits per heavy atom. The van der Waals surface area contributed by atoms with Crippen LogP contribution in [0.1, 0.15) is 60.6 Å². The lowest BCUT2D eigenvalue weighted by molar-refractivity contribution is 0.0227. The Labute approximate surface area is 208 Å². The molecule has 3 aromatic carbocycles. The molecule has 1 heterocycles. The lowest BCUT2D eigenvalue weighted by atomic mass is 9.83. The van der Waals surface area contributed by atoms with Crippen molar-refractivity contribution >= 4 is 21.6 Å². The second-order valence-corrected chi connectivity index (χ2v) is 11.0. The highest BCUT2D eigenvalue weighted by atomic mass is 32.2. The van der Waals surface area contributed by atoms with Crippen LogP contribution in [0.2, 0.25) is 0 Å². The van der Waals surface area contributed by atoms with Crippen molar-refractivity contribution in [3.05, 3.63) is 89.5 Å². The third-order valence-corrected chi connectivity index (χ3v) is 8.74. The van der Waals surface area contributed by atoms with Crippen LogP contribution in [0, 0.1) is 6.92 Å². The molecule has 3 aromatic rings. The molecule has 4 rings (SSSR count). The molecule has 0 spiro atoms. The smallest absolute Gasteiger partial charge is 0.264 e. The Kier molecular flexibility index (Phi) is 6.90. The Hall–Kier alpha value is -3.32. The van der Waals surface area contributed by atoms with Gasteiger partial charge in [-0.1, -0.05) is 61.9 Å². The number of nitrogens with zero attached hydrogens (tertiary/aromatic N) is 1. The fourth-order valence-electron chi connectivity index (χ4n) is 4.60. The van der Waals surface area contributed by atoms with E-state index in [9.17, 15) is 13.2 Å². The number of benzene rings is 3. The van der Waals surface area contributed by atoms with Gasteiger partial charge in [0.1, 0.15) is 11.4 Å². The number of carbonyl (C=O) groups excluding carboxylic acids is 1. The van der Waals surface area contributed by atoms with E-state index in [1.165, 1.54) is 11.4 Å². The van der Waals surface area contributed by atoms with Gasteiger partial charge in [0, 0.05) is 19.0 Å². The Morgan fingerprint density at radius 2 is 1.63 bits per heavy atom. The van der Waals surface area contributed by atoms with Crippen LogP contribution in [0.4, 0.5) is 5.69 Å². The second kappa shape index (κ2) is 9.74. The van der Waals surface area contributed by atoms with E-state index in [1.807, 2.05) is 31.2 Å². The highest BCUT2D eigenvalue weighted by molar-refractivity contribution is 7.92. The molecule has 1 aliphatic rings. The first kappa shape index (κ1) is 24.8. The molecule has 1 aliphatic heterocycles. The molecular formula is C28H32N2O4S. The summed E-state index contributed by atoms with van der Waals surface area (Å²) in [4.78, 5) is 13.7. The van der Waals surface area contributed by atoms with Crippen molar-refractivity contribution in [2.45, 2.75) is 56.6 Å². The third kappa shape index (κ3) is 4.78. The van der Waals surface area contributed by atoms with Crippen LogP contribution in [0.25, 0.3) is 0 Å². The number of carbonyl (C=O) groups is 1. The normalized spacial score (nSPS) is 16.6. The molecule has 184 valence electrons. The maximum atomic E-state index is 13.6. The van der Waals surface area contributed by atoms with Gasteiger partial charge in [-0.25, -0.2) is 8.42 Å². The van der Waals surface area contributed by atoms with E-state index in [1.54, 1.807) is 48.5 Å². The molecule has 1 N–H and O–H groups in total. The van der Waals surface area contributed by atoms with Gasteiger partial charge in [-0.15, -0.1) is 0 Å². The van der Waals surface area contributed by atoms with Crippen LogP contribution >= 0.6 is 0 Å². The van der Waals surface area contributed by atoms with E-state index in [0.29, 0.717) is 17.7 Å². The number of nitrogens with one attached hydrogen (secondary N) is 1. The van der Waals surface area contributed by atoms with Gasteiger partial charge in [0.2, 0.25) is 0 Å². The van der Waals surface area contributed by atoms with Gasteiger partial charge in [-0.05, 0) is 50.1 Å². The van der Waals surface area contributed by atoms with Crippen LogP contribution in [-0.4, -0.2) is 27.0 Å². The summed E-state index contributed by atoms with van der Waals surface area (Å²) in [5.74, 6) is 0.453. The van der Waals surface area contributed by atoms with Crippen LogP contribution in [0.15, 0.2) is 77.7 Å². The predicted molar refractivity (Wildman–Crippen MR) is 138 cm³/mol. The van der Waals surface area contributed by atoms with Gasteiger partial charge in [0.25, 0.3) is 15.9 Å². The largest absolute Gasteiger partial charge is 0.487 e. The predicted octanol–water partition coefficient (Wildman–Crippen LogP) is 5.63. The number of fused-ring (bicyclic) bond motifs is 1. The summed E-state index contributed by atoms with van der Waals surface area (Å²) in [7, 11) is -2.36. The van der Waals surface area contributed by atoms with E-state index in [2.05, 4.69) is 19.2 Å². The number of aryl methyl sites for hydroxylation is 1. The fourth-order valence-corrected chi connectivity index (χ4v) is 5.82. The van der Waals surface area contributed by atoms with E-state index < -0.39 is 10.0 Å². The number of amides is 1. The minimum atomic E-state index is -3.84. The van der Waals surface area contributed by atoms with Gasteiger partial charge in [-0.3, -0.25) is 9.10 Å². The minimum Gasteiger partial charge on any atom is -0.487 e. The number of sulfonamides is 1. The summed E-state index contributed by atoms with van der Waals surface area (Å²) >= 11 is 0. The average Bonchev–Trinajstić information content (AvgIpc) is 2.88. The molecule has 0 fully saturated rings. The van der Waals surface area contributed by atoms with Crippen molar-refractivity contribution in [1.82, 2.24) is 5.32 Å². The molecule has 6 nitrogen and oxygen atoms in total. The number of rotatable bonds is 7. The van der Waals surface area contributed by atoms with Crippen LogP contribution in [0.5, 0.6) is 5.75 Å². The number of anilines is 1. The van der Waals surface area contributed by atoms with E-state index in [-0.39, 0.29) is 22.4 Å². The molecule has 0 aliphatic carbocycles. The van der Waals surface area contributed by atoms with Crippen molar-refractivity contribution in [1.29, 1.82) is 0 Å². The quantitative estimate of drug-likeness (QED) is 0.464. The second-order valence-electron chi connectivity index (χ2n) is 9.06. The summed E-state index contributed by atoms with van der Waals surface area (Å²) < 4.78 is 34.2. The number of ether oxygens (including phenoxy) is 1. The van der Waals surface area contributed by atoms with Crippen molar-refractivity contribution < 1.29 is 17.9 Å². The molecule has 0 radical (unpaired) electrons. The Morgan fingerprint density at radius 3 is 2.31 bits per heavy atom. The first-order valence-corrected chi connectivity index (χ1v) is 13.4. The average molecular weight is 493 g/mol. The Balaban J connectivity index is 1.66. The molecule has 0 bridgehead atoms. The lowest BCUT2D eigenvalue weighted by Gasteiger charge is -2.41. The molecule has 1 atom stereocenters. The number of hydrogen-bond donors (Lipinski definition) is 1. The zero-order chi connectivity index (χ0) is 25.2. The van der Waals surface area contributed by atoms with Gasteiger partial charge in [0.15, 0.2) is 0 Å². The number of hydrogen-bond acceptors (Lipinski definition) is 4. The van der Waals surface area contributed by atoms with E-state index in [4.69, 9.17) is 4.74 Å². The summed E-state index contributed by atoms with van der Waals surface area (Å²) in [6.07, 6.45) is 2.28. The molecule has 0 saturated heterocycles. The fraction of sp³-hybridized carbons (Fsp3) is 0.321. The first-order valence-electron chi connectivity index (χ1n) is 11.9. The zero-order valence-electron chi connectivity index (χ0n) is 20.6.